The third-order valence-corrected chi connectivity index (χ3v) is 7.33. The molecule has 0 spiro atoms. The van der Waals surface area contributed by atoms with Crippen molar-refractivity contribution < 1.29 is 9.59 Å². The zero-order valence-corrected chi connectivity index (χ0v) is 21.4. The molecule has 1 N–H and O–H groups in total. The maximum Gasteiger partial charge on any atom is 0.270 e. The molecule has 0 bridgehead atoms. The maximum atomic E-state index is 13.3. The summed E-state index contributed by atoms with van der Waals surface area (Å²) in [5, 5.41) is 3.15. The summed E-state index contributed by atoms with van der Waals surface area (Å²) in [6.07, 6.45) is 2.54. The normalized spacial score (nSPS) is 21.6. The van der Waals surface area contributed by atoms with Crippen LogP contribution in [0.4, 0.5) is 11.4 Å². The number of benzene rings is 2. The van der Waals surface area contributed by atoms with Crippen molar-refractivity contribution in [2.24, 2.45) is 0 Å². The van der Waals surface area contributed by atoms with E-state index in [9.17, 15) is 9.59 Å². The van der Waals surface area contributed by atoms with Crippen LogP contribution in [0.15, 0.2) is 46.4 Å². The number of nitrogens with zero attached hydrogens (tertiary/aromatic N) is 2. The molecule has 2 heterocycles. The number of anilines is 2. The second-order valence-corrected chi connectivity index (χ2v) is 10.6. The summed E-state index contributed by atoms with van der Waals surface area (Å²) in [4.78, 5) is 29.5. The van der Waals surface area contributed by atoms with E-state index in [1.807, 2.05) is 18.2 Å². The Bertz CT molecular complexity index is 1190. The van der Waals surface area contributed by atoms with E-state index in [4.69, 9.17) is 23.8 Å². The lowest BCUT2D eigenvalue weighted by molar-refractivity contribution is -0.122. The summed E-state index contributed by atoms with van der Waals surface area (Å²) in [5.74, 6) is -0.712. The number of fused-ring (bicyclic) bond motifs is 1. The maximum absolute atomic E-state index is 13.3. The first kappa shape index (κ1) is 23.0. The second kappa shape index (κ2) is 8.28. The molecule has 4 rings (SSSR count). The first-order valence-corrected chi connectivity index (χ1v) is 11.8. The van der Waals surface area contributed by atoms with Gasteiger partial charge < -0.3 is 4.90 Å². The lowest BCUT2D eigenvalue weighted by Crippen LogP contribution is -2.54. The Morgan fingerprint density at radius 3 is 2.66 bits per heavy atom. The predicted molar refractivity (Wildman–Crippen MR) is 137 cm³/mol. The van der Waals surface area contributed by atoms with Gasteiger partial charge in [-0.25, -0.2) is 0 Å². The summed E-state index contributed by atoms with van der Waals surface area (Å²) in [6.45, 7) is 6.60. The van der Waals surface area contributed by atoms with E-state index in [1.165, 1.54) is 4.90 Å². The van der Waals surface area contributed by atoms with Gasteiger partial charge in [0.15, 0.2) is 5.11 Å². The van der Waals surface area contributed by atoms with Crippen molar-refractivity contribution in [3.8, 4) is 0 Å². The van der Waals surface area contributed by atoms with Crippen molar-refractivity contribution in [2.75, 3.05) is 16.8 Å². The molecule has 2 aliphatic rings. The van der Waals surface area contributed by atoms with Crippen molar-refractivity contribution in [1.29, 1.82) is 0 Å². The van der Waals surface area contributed by atoms with Crippen molar-refractivity contribution in [3.05, 3.63) is 62.6 Å². The van der Waals surface area contributed by atoms with Crippen LogP contribution >= 0.6 is 39.7 Å². The molecule has 2 amide bonds. The van der Waals surface area contributed by atoms with Gasteiger partial charge in [0.25, 0.3) is 11.8 Å². The highest BCUT2D eigenvalue weighted by molar-refractivity contribution is 9.10. The first-order valence-electron chi connectivity index (χ1n) is 10.2. The molecule has 2 aromatic rings. The molecule has 0 radical (unpaired) electrons. The highest BCUT2D eigenvalue weighted by Crippen LogP contribution is 2.44. The van der Waals surface area contributed by atoms with E-state index in [0.717, 1.165) is 22.1 Å². The van der Waals surface area contributed by atoms with Crippen LogP contribution in [0.25, 0.3) is 6.08 Å². The summed E-state index contributed by atoms with van der Waals surface area (Å²) >= 11 is 15.3. The highest BCUT2D eigenvalue weighted by Gasteiger charge is 2.36. The Morgan fingerprint density at radius 2 is 1.97 bits per heavy atom. The van der Waals surface area contributed by atoms with Crippen molar-refractivity contribution in [3.63, 3.8) is 0 Å². The van der Waals surface area contributed by atoms with Gasteiger partial charge in [-0.15, -0.1) is 0 Å². The molecule has 2 aliphatic heterocycles. The summed E-state index contributed by atoms with van der Waals surface area (Å²) < 4.78 is 0.798. The molecule has 166 valence electrons. The van der Waals surface area contributed by atoms with Gasteiger partial charge in [-0.2, -0.15) is 0 Å². The number of hydrogen-bond acceptors (Lipinski definition) is 4. The Labute approximate surface area is 206 Å². The van der Waals surface area contributed by atoms with Crippen molar-refractivity contribution in [2.45, 2.75) is 38.6 Å². The summed E-state index contributed by atoms with van der Waals surface area (Å²) in [7, 11) is 2.06. The van der Waals surface area contributed by atoms with E-state index in [-0.39, 0.29) is 16.2 Å². The number of carbonyl (C=O) groups excluding carboxylic acids is 2. The Balaban J connectivity index is 1.78. The Kier molecular flexibility index (Phi) is 5.94. The standard InChI is InChI=1S/C24H23BrClN3O2S/c1-13-12-24(2,3)28(4)20-11-19(26)14(8-17(13)20)9-18-21(30)27-23(32)29(22(18)31)16-7-5-6-15(25)10-16/h5-11,13H,12H2,1-4H3,(H,27,30,32)/b18-9-. The van der Waals surface area contributed by atoms with Crippen LogP contribution in [0.5, 0.6) is 0 Å². The molecule has 0 saturated carbocycles. The van der Waals surface area contributed by atoms with Gasteiger partial charge in [0.2, 0.25) is 0 Å². The van der Waals surface area contributed by atoms with Gasteiger partial charge in [-0.05, 0) is 85.9 Å². The van der Waals surface area contributed by atoms with Gasteiger partial charge in [0, 0.05) is 27.8 Å². The lowest BCUT2D eigenvalue weighted by Gasteiger charge is -2.45. The molecular weight excluding hydrogens is 510 g/mol. The molecule has 8 heteroatoms. The number of halogens is 2. The number of hydrogen-bond donors (Lipinski definition) is 1. The van der Waals surface area contributed by atoms with Gasteiger partial charge in [-0.1, -0.05) is 40.5 Å². The third kappa shape index (κ3) is 3.98. The van der Waals surface area contributed by atoms with Crippen molar-refractivity contribution >= 4 is 74.1 Å². The average Bonchev–Trinajstić information content (AvgIpc) is 2.69. The molecule has 1 atom stereocenters. The van der Waals surface area contributed by atoms with E-state index in [2.05, 4.69) is 54.0 Å². The largest absolute Gasteiger partial charge is 0.369 e. The fourth-order valence-electron chi connectivity index (χ4n) is 4.38. The molecule has 1 saturated heterocycles. The van der Waals surface area contributed by atoms with Gasteiger partial charge >= 0.3 is 0 Å². The molecule has 0 aromatic heterocycles. The second-order valence-electron chi connectivity index (χ2n) is 8.85. The number of amides is 2. The zero-order chi connectivity index (χ0) is 23.4. The highest BCUT2D eigenvalue weighted by atomic mass is 79.9. The van der Waals surface area contributed by atoms with Gasteiger partial charge in [-0.3, -0.25) is 19.8 Å². The molecule has 32 heavy (non-hydrogen) atoms. The van der Waals surface area contributed by atoms with Crippen LogP contribution < -0.4 is 15.1 Å². The topological polar surface area (TPSA) is 52.7 Å². The van der Waals surface area contributed by atoms with E-state index in [0.29, 0.717) is 22.2 Å². The monoisotopic (exact) mass is 531 g/mol. The fourth-order valence-corrected chi connectivity index (χ4v) is 5.26. The van der Waals surface area contributed by atoms with Gasteiger partial charge in [0.05, 0.1) is 5.69 Å². The van der Waals surface area contributed by atoms with E-state index in [1.54, 1.807) is 24.3 Å². The predicted octanol–water partition coefficient (Wildman–Crippen LogP) is 5.66. The SMILES string of the molecule is CC1CC(C)(C)N(C)c2cc(Cl)c(/C=C3/C(=O)NC(=S)N(c4cccc(Br)c4)C3=O)cc21. The molecule has 1 unspecified atom stereocenters. The van der Waals surface area contributed by atoms with Crippen LogP contribution in [-0.2, 0) is 9.59 Å². The summed E-state index contributed by atoms with van der Waals surface area (Å²) in [5.41, 5.74) is 3.40. The smallest absolute Gasteiger partial charge is 0.270 e. The van der Waals surface area contributed by atoms with Crippen LogP contribution in [0.3, 0.4) is 0 Å². The van der Waals surface area contributed by atoms with Crippen LogP contribution in [-0.4, -0.2) is 29.5 Å². The van der Waals surface area contributed by atoms with E-state index >= 15 is 0 Å². The molecular formula is C24H23BrClN3O2S. The molecule has 2 aromatic carbocycles. The van der Waals surface area contributed by atoms with E-state index < -0.39 is 11.8 Å². The third-order valence-electron chi connectivity index (χ3n) is 6.22. The Morgan fingerprint density at radius 1 is 1.25 bits per heavy atom. The quantitative estimate of drug-likeness (QED) is 0.308. The fraction of sp³-hybridized carbons (Fsp3) is 0.292. The molecule has 1 fully saturated rings. The first-order chi connectivity index (χ1) is 15.0. The minimum atomic E-state index is -0.536. The van der Waals surface area contributed by atoms with Crippen LogP contribution in [0.2, 0.25) is 5.02 Å². The Hall–Kier alpha value is -2.22. The molecule has 5 nitrogen and oxygen atoms in total. The average molecular weight is 533 g/mol. The van der Waals surface area contributed by atoms with Gasteiger partial charge in [0.1, 0.15) is 5.57 Å². The number of carbonyl (C=O) groups is 2. The van der Waals surface area contributed by atoms with Crippen molar-refractivity contribution in [1.82, 2.24) is 5.32 Å². The lowest BCUT2D eigenvalue weighted by atomic mass is 9.80. The number of rotatable bonds is 2. The van der Waals surface area contributed by atoms with Crippen LogP contribution in [0.1, 0.15) is 44.2 Å². The number of thiocarbonyl (C=S) groups is 1. The summed E-state index contributed by atoms with van der Waals surface area (Å²) in [6, 6.07) is 11.1. The van der Waals surface area contributed by atoms with Crippen LogP contribution in [0, 0.1) is 0 Å². The minimum Gasteiger partial charge on any atom is -0.369 e. The molecule has 0 aliphatic carbocycles. The number of nitrogens with one attached hydrogen (secondary N) is 1. The zero-order valence-electron chi connectivity index (χ0n) is 18.2. The minimum absolute atomic E-state index is 0.00903.